The number of phenolic OH excluding ortho intramolecular Hbond substituents is 2. The number of phenols is 2. The number of azo groups is 1. The molecule has 8 nitrogen and oxygen atoms in total. The summed E-state index contributed by atoms with van der Waals surface area (Å²) in [4.78, 5) is 12.4. The van der Waals surface area contributed by atoms with Gasteiger partial charge in [0.05, 0.1) is 10.6 Å². The number of nitrogens with zero attached hydrogens (tertiary/aromatic N) is 2. The van der Waals surface area contributed by atoms with Crippen LogP contribution in [-0.2, 0) is 22.9 Å². The van der Waals surface area contributed by atoms with Crippen LogP contribution in [0.2, 0.25) is 0 Å². The van der Waals surface area contributed by atoms with Crippen LogP contribution < -0.4 is 4.72 Å². The lowest BCUT2D eigenvalue weighted by molar-refractivity contribution is 0.0994. The maximum absolute atomic E-state index is 13.0. The lowest BCUT2D eigenvalue weighted by atomic mass is 9.93. The van der Waals surface area contributed by atoms with Crippen LogP contribution in [0.1, 0.15) is 27.0 Å². The van der Waals surface area contributed by atoms with E-state index >= 15 is 0 Å². The summed E-state index contributed by atoms with van der Waals surface area (Å²) in [6, 6.07) is 13.4. The topological polar surface area (TPSA) is 128 Å². The maximum Gasteiger partial charge on any atom is 0.295 e. The van der Waals surface area contributed by atoms with E-state index in [1.165, 1.54) is 42.5 Å². The Morgan fingerprint density at radius 3 is 2.36 bits per heavy atom. The smallest absolute Gasteiger partial charge is 0.295 e. The summed E-state index contributed by atoms with van der Waals surface area (Å²) in [6.45, 7) is 1.86. The molecule has 9 heteroatoms. The Morgan fingerprint density at radius 2 is 1.67 bits per heavy atom. The number of hydrogen-bond donors (Lipinski definition) is 3. The van der Waals surface area contributed by atoms with Crippen LogP contribution >= 0.6 is 0 Å². The summed E-state index contributed by atoms with van der Waals surface area (Å²) in [7, 11) is -3.89. The molecule has 3 aromatic carbocycles. The second-order valence-corrected chi connectivity index (χ2v) is 9.29. The third-order valence-electron chi connectivity index (χ3n) is 5.23. The number of aryl methyl sites for hydroxylation is 1. The molecule has 3 N–H and O–H groups in total. The fourth-order valence-corrected chi connectivity index (χ4v) is 4.58. The summed E-state index contributed by atoms with van der Waals surface area (Å²) < 4.78 is 28.5. The zero-order valence-electron chi connectivity index (χ0n) is 17.7. The molecular weight excluding hydrogens is 442 g/mol. The van der Waals surface area contributed by atoms with E-state index in [1.807, 2.05) is 19.1 Å². The van der Waals surface area contributed by atoms with Crippen molar-refractivity contribution in [1.29, 1.82) is 0 Å². The lowest BCUT2D eigenvalue weighted by Crippen LogP contribution is -2.15. The molecule has 1 aliphatic carbocycles. The van der Waals surface area contributed by atoms with Crippen LogP contribution in [0.3, 0.4) is 0 Å². The molecule has 4 rings (SSSR count). The normalized spacial score (nSPS) is 13.1. The largest absolute Gasteiger partial charge is 0.508 e. The van der Waals surface area contributed by atoms with Crippen LogP contribution in [-0.4, -0.2) is 24.5 Å². The molecule has 33 heavy (non-hydrogen) atoms. The highest BCUT2D eigenvalue weighted by atomic mass is 32.2. The van der Waals surface area contributed by atoms with E-state index in [4.69, 9.17) is 0 Å². The summed E-state index contributed by atoms with van der Waals surface area (Å²) in [5.74, 6) is -0.975. The van der Waals surface area contributed by atoms with E-state index < -0.39 is 15.9 Å². The number of carbonyl (C=O) groups excluding carboxylic acids is 1. The van der Waals surface area contributed by atoms with E-state index in [1.54, 1.807) is 12.1 Å². The molecule has 0 unspecified atom stereocenters. The third kappa shape index (κ3) is 4.78. The molecule has 0 spiro atoms. The van der Waals surface area contributed by atoms with E-state index in [0.29, 0.717) is 24.0 Å². The fraction of sp³-hybridized carbons (Fsp3) is 0.125. The number of carbonyl (C=O) groups is 1. The Balaban J connectivity index is 1.72. The molecule has 0 saturated carbocycles. The van der Waals surface area contributed by atoms with E-state index in [2.05, 4.69) is 15.0 Å². The molecular formula is C24H21N3O5S. The first-order valence-corrected chi connectivity index (χ1v) is 11.6. The van der Waals surface area contributed by atoms with E-state index in [0.717, 1.165) is 5.56 Å². The van der Waals surface area contributed by atoms with Crippen molar-refractivity contribution in [2.75, 3.05) is 4.72 Å². The van der Waals surface area contributed by atoms with Gasteiger partial charge in [-0.1, -0.05) is 35.9 Å². The Hall–Kier alpha value is -3.98. The lowest BCUT2D eigenvalue weighted by Gasteiger charge is -2.20. The highest BCUT2D eigenvalue weighted by Gasteiger charge is 2.23. The first-order valence-electron chi connectivity index (χ1n) is 10.1. The van der Waals surface area contributed by atoms with Crippen LogP contribution in [0.5, 0.6) is 11.5 Å². The molecule has 0 heterocycles. The Labute approximate surface area is 191 Å². The van der Waals surface area contributed by atoms with Gasteiger partial charge >= 0.3 is 0 Å². The van der Waals surface area contributed by atoms with Gasteiger partial charge in [-0.15, -0.1) is 10.2 Å². The average molecular weight is 464 g/mol. The molecule has 1 amide bonds. The van der Waals surface area contributed by atoms with E-state index in [9.17, 15) is 23.4 Å². The number of allylic oxidation sites excluding steroid dienone is 2. The summed E-state index contributed by atoms with van der Waals surface area (Å²) >= 11 is 0. The first-order chi connectivity index (χ1) is 15.7. The summed E-state index contributed by atoms with van der Waals surface area (Å²) in [5.41, 5.74) is 2.41. The molecule has 0 aliphatic heterocycles. The summed E-state index contributed by atoms with van der Waals surface area (Å²) in [6.07, 6.45) is 4.55. The van der Waals surface area contributed by atoms with Crippen LogP contribution in [0, 0.1) is 6.92 Å². The Kier molecular flexibility index (Phi) is 5.97. The van der Waals surface area contributed by atoms with Crippen molar-refractivity contribution in [3.05, 3.63) is 89.0 Å². The monoisotopic (exact) mass is 463 g/mol. The van der Waals surface area contributed by atoms with Gasteiger partial charge in [-0.25, -0.2) is 8.42 Å². The van der Waals surface area contributed by atoms with Crippen molar-refractivity contribution >= 4 is 27.3 Å². The third-order valence-corrected chi connectivity index (χ3v) is 6.61. The number of anilines is 1. The zero-order valence-corrected chi connectivity index (χ0v) is 18.5. The van der Waals surface area contributed by atoms with E-state index in [-0.39, 0.29) is 33.3 Å². The van der Waals surface area contributed by atoms with Gasteiger partial charge in [0.25, 0.3) is 15.9 Å². The minimum atomic E-state index is -3.89. The molecule has 0 fully saturated rings. The molecule has 0 bridgehead atoms. The number of sulfonamides is 1. The summed E-state index contributed by atoms with van der Waals surface area (Å²) in [5, 5.41) is 27.8. The molecule has 168 valence electrons. The van der Waals surface area contributed by atoms with Gasteiger partial charge in [-0.05, 0) is 61.7 Å². The van der Waals surface area contributed by atoms with Gasteiger partial charge < -0.3 is 10.2 Å². The predicted octanol–water partition coefficient (Wildman–Crippen LogP) is 4.79. The Morgan fingerprint density at radius 1 is 0.970 bits per heavy atom. The second kappa shape index (κ2) is 8.87. The van der Waals surface area contributed by atoms with Crippen molar-refractivity contribution in [2.45, 2.75) is 24.7 Å². The first kappa shape index (κ1) is 22.2. The van der Waals surface area contributed by atoms with Crippen LogP contribution in [0.15, 0.2) is 81.9 Å². The number of aromatic hydroxyl groups is 2. The average Bonchev–Trinajstić information content (AvgIpc) is 2.80. The van der Waals surface area contributed by atoms with Gasteiger partial charge in [-0.2, -0.15) is 0 Å². The standard InChI is InChI=1S/C24H21N3O5S/c1-15-9-11-18(12-10-15)33(31,32)27-21-14-22(23(29)20-8-3-2-7-19(20)21)25-26-24(30)16-5-4-6-17(28)13-16/h2-6,9-14,27-29H,7-8H2,1H3. The number of rotatable bonds is 5. The Bertz CT molecular complexity index is 1390. The van der Waals surface area contributed by atoms with Crippen molar-refractivity contribution in [3.8, 4) is 11.5 Å². The number of amides is 1. The number of fused-ring (bicyclic) bond motifs is 1. The van der Waals surface area contributed by atoms with Gasteiger partial charge in [0.2, 0.25) is 0 Å². The van der Waals surface area contributed by atoms with Gasteiger partial charge in [0, 0.05) is 11.1 Å². The quantitative estimate of drug-likeness (QED) is 0.285. The van der Waals surface area contributed by atoms with Crippen LogP contribution in [0.25, 0.3) is 0 Å². The minimum Gasteiger partial charge on any atom is -0.508 e. The van der Waals surface area contributed by atoms with Crippen LogP contribution in [0.4, 0.5) is 11.4 Å². The fourth-order valence-electron chi connectivity index (χ4n) is 3.49. The number of benzene rings is 3. The van der Waals surface area contributed by atoms with Gasteiger partial charge in [0.1, 0.15) is 17.2 Å². The van der Waals surface area contributed by atoms with Crippen molar-refractivity contribution in [2.24, 2.45) is 10.2 Å². The maximum atomic E-state index is 13.0. The highest BCUT2D eigenvalue weighted by Crippen LogP contribution is 2.41. The molecule has 3 aromatic rings. The minimum absolute atomic E-state index is 0.0424. The predicted molar refractivity (Wildman–Crippen MR) is 124 cm³/mol. The van der Waals surface area contributed by atoms with Gasteiger partial charge in [-0.3, -0.25) is 9.52 Å². The molecule has 1 aliphatic rings. The molecule has 0 atom stereocenters. The zero-order chi connectivity index (χ0) is 23.6. The van der Waals surface area contributed by atoms with Crippen molar-refractivity contribution in [1.82, 2.24) is 0 Å². The molecule has 0 saturated heterocycles. The van der Waals surface area contributed by atoms with Gasteiger partial charge in [0.15, 0.2) is 0 Å². The number of nitrogens with one attached hydrogen (secondary N) is 1. The molecule has 0 radical (unpaired) electrons. The number of hydrogen-bond acceptors (Lipinski definition) is 6. The SMILES string of the molecule is Cc1ccc(S(=O)(=O)Nc2cc(N=NC(=O)c3cccc(O)c3)c(O)c3c2CC=CC3)cc1. The second-order valence-electron chi connectivity index (χ2n) is 7.60. The van der Waals surface area contributed by atoms with Crippen molar-refractivity contribution in [3.63, 3.8) is 0 Å². The molecule has 0 aromatic heterocycles. The van der Waals surface area contributed by atoms with Crippen molar-refractivity contribution < 1.29 is 23.4 Å². The highest BCUT2D eigenvalue weighted by molar-refractivity contribution is 7.92.